The number of rotatable bonds is 15. The minimum Gasteiger partial charge on any atom is -0.481 e. The molecule has 1 aliphatic rings. The van der Waals surface area contributed by atoms with E-state index in [2.05, 4.69) is 21.3 Å². The lowest BCUT2D eigenvalue weighted by Gasteiger charge is -2.28. The van der Waals surface area contributed by atoms with Crippen LogP contribution in [0.1, 0.15) is 92.9 Å². The Labute approximate surface area is 240 Å². The molecule has 12 heteroatoms. The molecule has 1 saturated carbocycles. The van der Waals surface area contributed by atoms with Gasteiger partial charge < -0.3 is 31.5 Å². The second kappa shape index (κ2) is 16.3. The third kappa shape index (κ3) is 10.8. The predicted octanol–water partition coefficient (Wildman–Crippen LogP) is 2.08. The van der Waals surface area contributed by atoms with Gasteiger partial charge in [-0.05, 0) is 43.7 Å². The first-order chi connectivity index (χ1) is 19.4. The Bertz CT molecular complexity index is 1100. The van der Waals surface area contributed by atoms with Crippen LogP contribution in [0, 0.1) is 11.8 Å². The fourth-order valence-corrected chi connectivity index (χ4v) is 5.02. The van der Waals surface area contributed by atoms with Crippen molar-refractivity contribution < 1.29 is 39.0 Å². The number of hydrogen-bond acceptors (Lipinski definition) is 6. The molecule has 4 amide bonds. The molecule has 0 aliphatic heterocycles. The first-order valence-electron chi connectivity index (χ1n) is 14.2. The van der Waals surface area contributed by atoms with E-state index in [1.165, 1.54) is 24.3 Å². The Kier molecular flexibility index (Phi) is 13.2. The normalized spacial score (nSPS) is 15.7. The van der Waals surface area contributed by atoms with Gasteiger partial charge >= 0.3 is 11.9 Å². The maximum Gasteiger partial charge on any atom is 0.336 e. The molecule has 1 aliphatic carbocycles. The van der Waals surface area contributed by atoms with Crippen LogP contribution in [0.15, 0.2) is 24.3 Å². The molecule has 0 radical (unpaired) electrons. The van der Waals surface area contributed by atoms with Crippen LogP contribution in [0.2, 0.25) is 0 Å². The average molecular weight is 575 g/mol. The van der Waals surface area contributed by atoms with Crippen LogP contribution in [0.3, 0.4) is 0 Å². The molecule has 0 aromatic heterocycles. The Hall–Kier alpha value is -3.96. The highest BCUT2D eigenvalue weighted by molar-refractivity contribution is 6.06. The van der Waals surface area contributed by atoms with Gasteiger partial charge in [0.25, 0.3) is 5.91 Å². The fourth-order valence-electron chi connectivity index (χ4n) is 5.02. The quantitative estimate of drug-likeness (QED) is 0.183. The molecule has 1 aromatic carbocycles. The van der Waals surface area contributed by atoms with Crippen LogP contribution >= 0.6 is 0 Å². The number of carbonyl (C=O) groups excluding carboxylic acids is 4. The number of hydrogen-bond donors (Lipinski definition) is 6. The summed E-state index contributed by atoms with van der Waals surface area (Å²) in [6.45, 7) is 5.81. The second-order valence-corrected chi connectivity index (χ2v) is 10.9. The molecule has 1 aromatic rings. The van der Waals surface area contributed by atoms with E-state index in [-0.39, 0.29) is 29.4 Å². The first kappa shape index (κ1) is 33.2. The highest BCUT2D eigenvalue weighted by Crippen LogP contribution is 2.27. The van der Waals surface area contributed by atoms with Crippen molar-refractivity contribution in [2.75, 3.05) is 6.54 Å². The summed E-state index contributed by atoms with van der Waals surface area (Å²) in [5.41, 5.74) is -0.355. The second-order valence-electron chi connectivity index (χ2n) is 10.9. The van der Waals surface area contributed by atoms with Crippen molar-refractivity contribution in [3.8, 4) is 0 Å². The molecule has 41 heavy (non-hydrogen) atoms. The summed E-state index contributed by atoms with van der Waals surface area (Å²) in [5, 5.41) is 29.3. The van der Waals surface area contributed by atoms with Gasteiger partial charge in [0.1, 0.15) is 18.1 Å². The van der Waals surface area contributed by atoms with Gasteiger partial charge in [0, 0.05) is 6.54 Å². The topological polar surface area (TPSA) is 191 Å². The van der Waals surface area contributed by atoms with Crippen molar-refractivity contribution >= 4 is 35.6 Å². The molecule has 0 unspecified atom stereocenters. The molecule has 0 bridgehead atoms. The maximum absolute atomic E-state index is 13.5. The average Bonchev–Trinajstić information content (AvgIpc) is 2.92. The van der Waals surface area contributed by atoms with Crippen LogP contribution in [0.5, 0.6) is 0 Å². The number of aromatic carboxylic acids is 1. The highest BCUT2D eigenvalue weighted by Gasteiger charge is 2.33. The summed E-state index contributed by atoms with van der Waals surface area (Å²) in [4.78, 5) is 75.6. The van der Waals surface area contributed by atoms with Crippen LogP contribution in [-0.2, 0) is 19.2 Å². The fraction of sp³-hybridized carbons (Fsp3) is 0.586. The summed E-state index contributed by atoms with van der Waals surface area (Å²) >= 11 is 0. The Morgan fingerprint density at radius 2 is 1.39 bits per heavy atom. The maximum atomic E-state index is 13.5. The molecule has 0 heterocycles. The highest BCUT2D eigenvalue weighted by atomic mass is 16.4. The molecule has 1 fully saturated rings. The number of nitrogens with one attached hydrogen (secondary N) is 4. The number of carboxylic acid groups (broad SMARTS) is 2. The zero-order valence-corrected chi connectivity index (χ0v) is 23.9. The molecule has 12 nitrogen and oxygen atoms in total. The number of carboxylic acids is 2. The molecular weight excluding hydrogens is 532 g/mol. The lowest BCUT2D eigenvalue weighted by Crippen LogP contribution is -2.57. The van der Waals surface area contributed by atoms with Crippen molar-refractivity contribution in [3.63, 3.8) is 0 Å². The third-order valence-corrected chi connectivity index (χ3v) is 7.02. The third-order valence-electron chi connectivity index (χ3n) is 7.02. The number of benzene rings is 1. The van der Waals surface area contributed by atoms with Crippen LogP contribution in [0.25, 0.3) is 0 Å². The van der Waals surface area contributed by atoms with E-state index in [0.717, 1.165) is 32.1 Å². The molecule has 226 valence electrons. The van der Waals surface area contributed by atoms with Crippen LogP contribution in [-0.4, -0.2) is 70.5 Å². The summed E-state index contributed by atoms with van der Waals surface area (Å²) in [6.07, 6.45) is 4.48. The van der Waals surface area contributed by atoms with Gasteiger partial charge in [-0.3, -0.25) is 24.0 Å². The monoisotopic (exact) mass is 574 g/mol. The summed E-state index contributed by atoms with van der Waals surface area (Å²) in [5.74, 6) is -5.29. The minimum atomic E-state index is -1.51. The van der Waals surface area contributed by atoms with Gasteiger partial charge in [0.05, 0.1) is 17.5 Å². The lowest BCUT2D eigenvalue weighted by molar-refractivity contribution is -0.141. The molecule has 0 saturated heterocycles. The van der Waals surface area contributed by atoms with Crippen molar-refractivity contribution in [2.45, 2.75) is 90.3 Å². The van der Waals surface area contributed by atoms with Crippen LogP contribution in [0.4, 0.5) is 0 Å². The van der Waals surface area contributed by atoms with Crippen molar-refractivity contribution in [1.82, 2.24) is 21.3 Å². The Morgan fingerprint density at radius 1 is 0.805 bits per heavy atom. The zero-order chi connectivity index (χ0) is 30.5. The van der Waals surface area contributed by atoms with Crippen LogP contribution < -0.4 is 21.3 Å². The lowest BCUT2D eigenvalue weighted by atomic mass is 9.84. The van der Waals surface area contributed by atoms with Crippen molar-refractivity contribution in [3.05, 3.63) is 35.4 Å². The molecule has 0 spiro atoms. The minimum absolute atomic E-state index is 0.0409. The van der Waals surface area contributed by atoms with E-state index >= 15 is 0 Å². The standard InChI is InChI=1S/C29H42N4O8/c1-4-30-26(37)21(14-17(2)3)32-28(39)23(16-24(34)35)33-27(38)22(15-18-10-6-5-7-11-18)31-25(36)19-12-8-9-13-20(19)29(40)41/h8-9,12-13,17-18,21-23H,4-7,10-11,14-16H2,1-3H3,(H,30,37)(H,31,36)(H,32,39)(H,33,38)(H,34,35)(H,40,41)/t21-,22-,23-/m0/s1. The predicted molar refractivity (Wildman–Crippen MR) is 150 cm³/mol. The van der Waals surface area contributed by atoms with Gasteiger partial charge in [-0.2, -0.15) is 0 Å². The van der Waals surface area contributed by atoms with Crippen molar-refractivity contribution in [1.29, 1.82) is 0 Å². The number of carbonyl (C=O) groups is 6. The van der Waals surface area contributed by atoms with Gasteiger partial charge in [-0.15, -0.1) is 0 Å². The van der Waals surface area contributed by atoms with E-state index in [1.54, 1.807) is 6.92 Å². The zero-order valence-electron chi connectivity index (χ0n) is 23.9. The van der Waals surface area contributed by atoms with E-state index in [9.17, 15) is 39.0 Å². The van der Waals surface area contributed by atoms with E-state index in [4.69, 9.17) is 0 Å². The smallest absolute Gasteiger partial charge is 0.336 e. The van der Waals surface area contributed by atoms with Gasteiger partial charge in [-0.25, -0.2) is 4.79 Å². The van der Waals surface area contributed by atoms with E-state index in [0.29, 0.717) is 13.0 Å². The number of amides is 4. The summed E-state index contributed by atoms with van der Waals surface area (Å²) < 4.78 is 0. The van der Waals surface area contributed by atoms with Gasteiger partial charge in [-0.1, -0.05) is 58.1 Å². The number of likely N-dealkylation sites (N-methyl/N-ethyl adjacent to an activating group) is 1. The molecule has 6 N–H and O–H groups in total. The summed E-state index contributed by atoms with van der Waals surface area (Å²) in [7, 11) is 0. The first-order valence-corrected chi connectivity index (χ1v) is 14.2. The SMILES string of the molecule is CCNC(=O)[C@H](CC(C)C)NC(=O)[C@H](CC(=O)O)NC(=O)[C@H](CC1CCCCC1)NC(=O)c1ccccc1C(=O)O. The summed E-state index contributed by atoms with van der Waals surface area (Å²) in [6, 6.07) is 2.02. The molecular formula is C29H42N4O8. The molecule has 3 atom stereocenters. The number of aliphatic carboxylic acids is 1. The Morgan fingerprint density at radius 3 is 1.95 bits per heavy atom. The van der Waals surface area contributed by atoms with Gasteiger partial charge in [0.2, 0.25) is 17.7 Å². The molecule has 2 rings (SSSR count). The van der Waals surface area contributed by atoms with E-state index in [1.807, 2.05) is 13.8 Å². The van der Waals surface area contributed by atoms with Gasteiger partial charge in [0.15, 0.2) is 0 Å². The largest absolute Gasteiger partial charge is 0.481 e. The van der Waals surface area contributed by atoms with E-state index < -0.39 is 60.1 Å². The van der Waals surface area contributed by atoms with Crippen molar-refractivity contribution in [2.24, 2.45) is 11.8 Å². The Balaban J connectivity index is 2.29.